The van der Waals surface area contributed by atoms with Crippen molar-refractivity contribution in [2.75, 3.05) is 26.7 Å². The second kappa shape index (κ2) is 7.19. The topological polar surface area (TPSA) is 23.6 Å². The van der Waals surface area contributed by atoms with Crippen molar-refractivity contribution in [2.45, 2.75) is 20.4 Å². The van der Waals surface area contributed by atoms with Gasteiger partial charge in [0.25, 0.3) is 0 Å². The molecule has 1 aromatic carbocycles. The lowest BCUT2D eigenvalue weighted by atomic mass is 10.2. The molecule has 0 aliphatic heterocycles. The van der Waals surface area contributed by atoms with Crippen LogP contribution in [0.2, 0.25) is 0 Å². The van der Waals surface area contributed by atoms with Crippen LogP contribution in [0.3, 0.4) is 0 Å². The van der Waals surface area contributed by atoms with Gasteiger partial charge in [0.15, 0.2) is 11.6 Å². The van der Waals surface area contributed by atoms with Crippen LogP contribution in [0.15, 0.2) is 18.2 Å². The van der Waals surface area contributed by atoms with E-state index in [4.69, 9.17) is 0 Å². The molecule has 0 N–H and O–H groups in total. The Morgan fingerprint density at radius 3 is 2.42 bits per heavy atom. The summed E-state index contributed by atoms with van der Waals surface area (Å²) in [6.45, 7) is 5.52. The van der Waals surface area contributed by atoms with Crippen LogP contribution in [-0.2, 0) is 11.3 Å². The molecule has 0 aliphatic carbocycles. The van der Waals surface area contributed by atoms with Gasteiger partial charge in [0.2, 0.25) is 5.91 Å². The van der Waals surface area contributed by atoms with Crippen molar-refractivity contribution >= 4 is 5.91 Å². The zero-order chi connectivity index (χ0) is 14.4. The highest BCUT2D eigenvalue weighted by molar-refractivity contribution is 5.78. The first-order valence-electron chi connectivity index (χ1n) is 6.38. The van der Waals surface area contributed by atoms with Crippen molar-refractivity contribution in [3.63, 3.8) is 0 Å². The van der Waals surface area contributed by atoms with Gasteiger partial charge in [0.05, 0.1) is 6.54 Å². The van der Waals surface area contributed by atoms with E-state index < -0.39 is 11.6 Å². The second-order valence-corrected chi connectivity index (χ2v) is 4.45. The molecule has 106 valence electrons. The molecule has 0 saturated carbocycles. The highest BCUT2D eigenvalue weighted by atomic mass is 19.2. The van der Waals surface area contributed by atoms with Crippen molar-refractivity contribution < 1.29 is 13.6 Å². The summed E-state index contributed by atoms with van der Waals surface area (Å²) in [6, 6.07) is 4.07. The summed E-state index contributed by atoms with van der Waals surface area (Å²) in [4.78, 5) is 15.3. The predicted octanol–water partition coefficient (Wildman–Crippen LogP) is 2.26. The first kappa shape index (κ1) is 15.6. The molecule has 0 aliphatic rings. The van der Waals surface area contributed by atoms with Crippen LogP contribution in [0.4, 0.5) is 8.78 Å². The van der Waals surface area contributed by atoms with Crippen molar-refractivity contribution in [3.8, 4) is 0 Å². The van der Waals surface area contributed by atoms with Crippen LogP contribution in [0.5, 0.6) is 0 Å². The van der Waals surface area contributed by atoms with Crippen LogP contribution >= 0.6 is 0 Å². The van der Waals surface area contributed by atoms with Crippen molar-refractivity contribution in [1.82, 2.24) is 9.80 Å². The molecule has 0 saturated heterocycles. The Hall–Kier alpha value is -1.49. The number of nitrogens with zero attached hydrogens (tertiary/aromatic N) is 2. The number of hydrogen-bond acceptors (Lipinski definition) is 2. The monoisotopic (exact) mass is 270 g/mol. The Morgan fingerprint density at radius 2 is 1.84 bits per heavy atom. The minimum atomic E-state index is -0.860. The lowest BCUT2D eigenvalue weighted by Gasteiger charge is -2.23. The van der Waals surface area contributed by atoms with Gasteiger partial charge >= 0.3 is 0 Å². The van der Waals surface area contributed by atoms with Crippen LogP contribution in [-0.4, -0.2) is 42.4 Å². The number of halogens is 2. The Morgan fingerprint density at radius 1 is 1.21 bits per heavy atom. The van der Waals surface area contributed by atoms with E-state index in [1.54, 1.807) is 16.8 Å². The van der Waals surface area contributed by atoms with Gasteiger partial charge in [-0.1, -0.05) is 12.1 Å². The van der Waals surface area contributed by atoms with Gasteiger partial charge in [-0.05, 0) is 27.0 Å². The largest absolute Gasteiger partial charge is 0.342 e. The average molecular weight is 270 g/mol. The number of carbonyl (C=O) groups excluding carboxylic acids is 1. The van der Waals surface area contributed by atoms with Crippen LogP contribution in [0.1, 0.15) is 19.4 Å². The highest BCUT2D eigenvalue weighted by Gasteiger charge is 2.14. The summed E-state index contributed by atoms with van der Waals surface area (Å²) >= 11 is 0. The fourth-order valence-electron chi connectivity index (χ4n) is 1.92. The highest BCUT2D eigenvalue weighted by Crippen LogP contribution is 2.13. The molecule has 1 amide bonds. The second-order valence-electron chi connectivity index (χ2n) is 4.45. The van der Waals surface area contributed by atoms with Gasteiger partial charge in [0.1, 0.15) is 0 Å². The molecule has 0 bridgehead atoms. The molecule has 1 rings (SSSR count). The third kappa shape index (κ3) is 4.28. The van der Waals surface area contributed by atoms with Gasteiger partial charge < -0.3 is 4.90 Å². The van der Waals surface area contributed by atoms with Crippen LogP contribution in [0, 0.1) is 11.6 Å². The number of carbonyl (C=O) groups is 1. The van der Waals surface area contributed by atoms with E-state index in [1.165, 1.54) is 12.1 Å². The molecule has 19 heavy (non-hydrogen) atoms. The zero-order valence-corrected chi connectivity index (χ0v) is 11.6. The number of hydrogen-bond donors (Lipinski definition) is 0. The molecule has 0 unspecified atom stereocenters. The quantitative estimate of drug-likeness (QED) is 0.791. The molecule has 0 radical (unpaired) electrons. The van der Waals surface area contributed by atoms with E-state index in [-0.39, 0.29) is 24.6 Å². The Kier molecular flexibility index (Phi) is 5.89. The standard InChI is InChI=1S/C14H20F2N2O/c1-4-18(5-2)13(19)10-17(3)9-11-7-6-8-12(15)14(11)16/h6-8H,4-5,9-10H2,1-3H3. The molecular formula is C14H20F2N2O. The number of rotatable bonds is 6. The molecule has 5 heteroatoms. The van der Waals surface area contributed by atoms with Crippen molar-refractivity contribution in [2.24, 2.45) is 0 Å². The summed E-state index contributed by atoms with van der Waals surface area (Å²) in [6.07, 6.45) is 0. The summed E-state index contributed by atoms with van der Waals surface area (Å²) in [5.74, 6) is -1.71. The molecule has 3 nitrogen and oxygen atoms in total. The molecule has 0 heterocycles. The maximum absolute atomic E-state index is 13.5. The van der Waals surface area contributed by atoms with Gasteiger partial charge in [-0.15, -0.1) is 0 Å². The van der Waals surface area contributed by atoms with Crippen LogP contribution < -0.4 is 0 Å². The number of benzene rings is 1. The van der Waals surface area contributed by atoms with E-state index >= 15 is 0 Å². The van der Waals surface area contributed by atoms with Crippen LogP contribution in [0.25, 0.3) is 0 Å². The van der Waals surface area contributed by atoms with E-state index in [0.29, 0.717) is 13.1 Å². The zero-order valence-electron chi connectivity index (χ0n) is 11.6. The third-order valence-corrected chi connectivity index (χ3v) is 2.99. The molecule has 0 fully saturated rings. The Bertz CT molecular complexity index is 433. The molecule has 1 aromatic rings. The Labute approximate surface area is 112 Å². The third-order valence-electron chi connectivity index (χ3n) is 2.99. The minimum Gasteiger partial charge on any atom is -0.342 e. The molecule has 0 aromatic heterocycles. The van der Waals surface area contributed by atoms with Gasteiger partial charge in [-0.3, -0.25) is 9.69 Å². The molecule has 0 spiro atoms. The van der Waals surface area contributed by atoms with Crippen molar-refractivity contribution in [3.05, 3.63) is 35.4 Å². The van der Waals surface area contributed by atoms with Gasteiger partial charge in [0, 0.05) is 25.2 Å². The maximum Gasteiger partial charge on any atom is 0.236 e. The van der Waals surface area contributed by atoms with E-state index in [1.807, 2.05) is 13.8 Å². The molecule has 0 atom stereocenters. The fourth-order valence-corrected chi connectivity index (χ4v) is 1.92. The predicted molar refractivity (Wildman–Crippen MR) is 70.6 cm³/mol. The molecular weight excluding hydrogens is 250 g/mol. The smallest absolute Gasteiger partial charge is 0.236 e. The SMILES string of the molecule is CCN(CC)C(=O)CN(C)Cc1cccc(F)c1F. The van der Waals surface area contributed by atoms with E-state index in [2.05, 4.69) is 0 Å². The minimum absolute atomic E-state index is 0.00990. The lowest BCUT2D eigenvalue weighted by molar-refractivity contribution is -0.131. The number of likely N-dealkylation sites (N-methyl/N-ethyl adjacent to an activating group) is 2. The summed E-state index contributed by atoms with van der Waals surface area (Å²) < 4.78 is 26.6. The lowest BCUT2D eigenvalue weighted by Crippen LogP contribution is -2.38. The first-order chi connectivity index (χ1) is 8.99. The normalized spacial score (nSPS) is 10.8. The van der Waals surface area contributed by atoms with Gasteiger partial charge in [-0.25, -0.2) is 8.78 Å². The van der Waals surface area contributed by atoms with E-state index in [9.17, 15) is 13.6 Å². The first-order valence-corrected chi connectivity index (χ1v) is 6.38. The van der Waals surface area contributed by atoms with Gasteiger partial charge in [-0.2, -0.15) is 0 Å². The summed E-state index contributed by atoms with van der Waals surface area (Å²) in [5, 5.41) is 0. The summed E-state index contributed by atoms with van der Waals surface area (Å²) in [5.41, 5.74) is 0.259. The summed E-state index contributed by atoms with van der Waals surface area (Å²) in [7, 11) is 1.71. The van der Waals surface area contributed by atoms with E-state index in [0.717, 1.165) is 6.07 Å². The Balaban J connectivity index is 2.62. The fraction of sp³-hybridized carbons (Fsp3) is 0.500. The average Bonchev–Trinajstić information content (AvgIpc) is 2.36. The van der Waals surface area contributed by atoms with Crippen molar-refractivity contribution in [1.29, 1.82) is 0 Å². The maximum atomic E-state index is 13.5. The number of amides is 1.